The maximum Gasteiger partial charge on any atom is 0.246 e. The molecule has 2 aliphatic heterocycles. The van der Waals surface area contributed by atoms with Crippen molar-refractivity contribution in [2.24, 2.45) is 5.92 Å². The standard InChI is InChI=1S/C17H24ClN3O3S/c1-13-5-2-3-10-21(13)17(22)14-7-11-20(12-8-14)25(23,24)15-6-4-9-19-16(15)18/h4,6,9,13-14H,2-3,5,7-8,10-12H2,1H3. The van der Waals surface area contributed by atoms with E-state index in [2.05, 4.69) is 11.9 Å². The number of pyridine rings is 1. The summed E-state index contributed by atoms with van der Waals surface area (Å²) < 4.78 is 26.9. The first-order chi connectivity index (χ1) is 11.9. The number of likely N-dealkylation sites (tertiary alicyclic amines) is 1. The lowest BCUT2D eigenvalue weighted by Crippen LogP contribution is -2.48. The highest BCUT2D eigenvalue weighted by Crippen LogP contribution is 2.29. The van der Waals surface area contributed by atoms with Crippen molar-refractivity contribution in [2.75, 3.05) is 19.6 Å². The fourth-order valence-electron chi connectivity index (χ4n) is 3.71. The number of aromatic nitrogens is 1. The molecule has 25 heavy (non-hydrogen) atoms. The molecule has 1 aromatic heterocycles. The third-order valence-corrected chi connectivity index (χ3v) is 7.58. The zero-order valence-electron chi connectivity index (χ0n) is 14.4. The number of carbonyl (C=O) groups is 1. The van der Waals surface area contributed by atoms with Gasteiger partial charge in [0, 0.05) is 37.8 Å². The molecule has 0 bridgehead atoms. The predicted molar refractivity (Wildman–Crippen MR) is 95.8 cm³/mol. The van der Waals surface area contributed by atoms with Crippen LogP contribution < -0.4 is 0 Å². The minimum absolute atomic E-state index is 0.0113. The van der Waals surface area contributed by atoms with Crippen LogP contribution in [0.25, 0.3) is 0 Å². The van der Waals surface area contributed by atoms with Crippen molar-refractivity contribution in [1.29, 1.82) is 0 Å². The Hall–Kier alpha value is -1.18. The van der Waals surface area contributed by atoms with E-state index in [1.807, 2.05) is 4.90 Å². The number of halogens is 1. The Morgan fingerprint density at radius 1 is 1.20 bits per heavy atom. The quantitative estimate of drug-likeness (QED) is 0.749. The number of hydrogen-bond acceptors (Lipinski definition) is 4. The van der Waals surface area contributed by atoms with Gasteiger partial charge in [0.2, 0.25) is 15.9 Å². The van der Waals surface area contributed by atoms with E-state index in [-0.39, 0.29) is 27.9 Å². The summed E-state index contributed by atoms with van der Waals surface area (Å²) in [5.41, 5.74) is 0. The first kappa shape index (κ1) is 18.6. The largest absolute Gasteiger partial charge is 0.340 e. The van der Waals surface area contributed by atoms with Crippen molar-refractivity contribution in [2.45, 2.75) is 50.0 Å². The summed E-state index contributed by atoms with van der Waals surface area (Å²) in [6.45, 7) is 3.60. The Kier molecular flexibility index (Phi) is 5.65. The summed E-state index contributed by atoms with van der Waals surface area (Å²) in [7, 11) is -3.66. The van der Waals surface area contributed by atoms with Crippen LogP contribution in [0.3, 0.4) is 0 Å². The fourth-order valence-corrected chi connectivity index (χ4v) is 5.60. The molecule has 0 aliphatic carbocycles. The lowest BCUT2D eigenvalue weighted by molar-refractivity contribution is -0.140. The third-order valence-electron chi connectivity index (χ3n) is 5.23. The predicted octanol–water partition coefficient (Wildman–Crippen LogP) is 2.54. The maximum atomic E-state index is 12.8. The summed E-state index contributed by atoms with van der Waals surface area (Å²) in [5.74, 6) is 0.0972. The number of sulfonamides is 1. The molecule has 0 spiro atoms. The van der Waals surface area contributed by atoms with E-state index in [1.54, 1.807) is 6.07 Å². The van der Waals surface area contributed by atoms with Crippen LogP contribution in [-0.4, -0.2) is 54.2 Å². The zero-order chi connectivity index (χ0) is 18.0. The van der Waals surface area contributed by atoms with Crippen LogP contribution in [0.15, 0.2) is 23.2 Å². The summed E-state index contributed by atoms with van der Waals surface area (Å²) in [6, 6.07) is 3.32. The fraction of sp³-hybridized carbons (Fsp3) is 0.647. The number of amides is 1. The Morgan fingerprint density at radius 3 is 2.56 bits per heavy atom. The van der Waals surface area contributed by atoms with Gasteiger partial charge in [-0.3, -0.25) is 4.79 Å². The second-order valence-electron chi connectivity index (χ2n) is 6.85. The van der Waals surface area contributed by atoms with Gasteiger partial charge in [-0.05, 0) is 51.2 Å². The zero-order valence-corrected chi connectivity index (χ0v) is 16.0. The number of rotatable bonds is 3. The van der Waals surface area contributed by atoms with Crippen molar-refractivity contribution in [3.05, 3.63) is 23.5 Å². The molecule has 1 amide bonds. The van der Waals surface area contributed by atoms with Crippen LogP contribution in [0.1, 0.15) is 39.0 Å². The molecule has 2 saturated heterocycles. The number of hydrogen-bond donors (Lipinski definition) is 0. The van der Waals surface area contributed by atoms with Crippen LogP contribution in [0.4, 0.5) is 0 Å². The number of nitrogens with zero attached hydrogens (tertiary/aromatic N) is 3. The second-order valence-corrected chi connectivity index (χ2v) is 9.11. The lowest BCUT2D eigenvalue weighted by Gasteiger charge is -2.38. The van der Waals surface area contributed by atoms with Gasteiger partial charge in [-0.1, -0.05) is 11.6 Å². The van der Waals surface area contributed by atoms with Crippen LogP contribution in [0.2, 0.25) is 5.15 Å². The second kappa shape index (κ2) is 7.60. The first-order valence-electron chi connectivity index (χ1n) is 8.82. The van der Waals surface area contributed by atoms with Crippen molar-refractivity contribution in [1.82, 2.24) is 14.2 Å². The molecule has 1 unspecified atom stereocenters. The van der Waals surface area contributed by atoms with Gasteiger partial charge in [-0.15, -0.1) is 0 Å². The SMILES string of the molecule is CC1CCCCN1C(=O)C1CCN(S(=O)(=O)c2cccnc2Cl)CC1. The van der Waals surface area contributed by atoms with Gasteiger partial charge in [0.1, 0.15) is 10.0 Å². The van der Waals surface area contributed by atoms with E-state index in [0.717, 1.165) is 19.4 Å². The maximum absolute atomic E-state index is 12.8. The average molecular weight is 386 g/mol. The average Bonchev–Trinajstić information content (AvgIpc) is 2.62. The molecule has 0 radical (unpaired) electrons. The van der Waals surface area contributed by atoms with E-state index < -0.39 is 10.0 Å². The smallest absolute Gasteiger partial charge is 0.246 e. The van der Waals surface area contributed by atoms with Crippen molar-refractivity contribution in [3.8, 4) is 0 Å². The van der Waals surface area contributed by atoms with E-state index in [0.29, 0.717) is 25.9 Å². The minimum Gasteiger partial charge on any atom is -0.340 e. The Morgan fingerprint density at radius 2 is 1.92 bits per heavy atom. The Balaban J connectivity index is 1.65. The topological polar surface area (TPSA) is 70.6 Å². The van der Waals surface area contributed by atoms with Gasteiger partial charge in [0.25, 0.3) is 0 Å². The van der Waals surface area contributed by atoms with Crippen molar-refractivity contribution < 1.29 is 13.2 Å². The van der Waals surface area contributed by atoms with Crippen molar-refractivity contribution in [3.63, 3.8) is 0 Å². The summed E-state index contributed by atoms with van der Waals surface area (Å²) in [5, 5.41) is -0.0113. The normalized spacial score (nSPS) is 23.6. The van der Waals surface area contributed by atoms with Gasteiger partial charge in [-0.25, -0.2) is 13.4 Å². The van der Waals surface area contributed by atoms with Crippen LogP contribution in [0, 0.1) is 5.92 Å². The first-order valence-corrected chi connectivity index (χ1v) is 10.6. The lowest BCUT2D eigenvalue weighted by atomic mass is 9.94. The third kappa shape index (κ3) is 3.83. The molecule has 0 N–H and O–H groups in total. The molecule has 0 saturated carbocycles. The molecule has 0 aromatic carbocycles. The van der Waals surface area contributed by atoms with Gasteiger partial charge < -0.3 is 4.90 Å². The highest BCUT2D eigenvalue weighted by atomic mass is 35.5. The van der Waals surface area contributed by atoms with Gasteiger partial charge in [0.05, 0.1) is 0 Å². The highest BCUT2D eigenvalue weighted by molar-refractivity contribution is 7.89. The molecular formula is C17H24ClN3O3S. The molecule has 2 aliphatic rings. The van der Waals surface area contributed by atoms with Gasteiger partial charge >= 0.3 is 0 Å². The summed E-state index contributed by atoms with van der Waals surface area (Å²) in [4.78, 5) is 18.6. The molecule has 8 heteroatoms. The molecule has 3 heterocycles. The molecule has 1 atom stereocenters. The van der Waals surface area contributed by atoms with Gasteiger partial charge in [0.15, 0.2) is 0 Å². The molecule has 2 fully saturated rings. The molecule has 3 rings (SSSR count). The van der Waals surface area contributed by atoms with Gasteiger partial charge in [-0.2, -0.15) is 4.31 Å². The molecule has 6 nitrogen and oxygen atoms in total. The van der Waals surface area contributed by atoms with E-state index in [9.17, 15) is 13.2 Å². The molecule has 1 aromatic rings. The summed E-state index contributed by atoms with van der Waals surface area (Å²) >= 11 is 5.95. The number of piperidine rings is 2. The number of carbonyl (C=O) groups excluding carboxylic acids is 1. The van der Waals surface area contributed by atoms with E-state index >= 15 is 0 Å². The Labute approximate surface area is 154 Å². The van der Waals surface area contributed by atoms with E-state index in [4.69, 9.17) is 11.6 Å². The Bertz CT molecular complexity index is 732. The van der Waals surface area contributed by atoms with E-state index in [1.165, 1.54) is 23.0 Å². The summed E-state index contributed by atoms with van der Waals surface area (Å²) in [6.07, 6.45) is 5.86. The molecule has 138 valence electrons. The van der Waals surface area contributed by atoms with Crippen LogP contribution in [-0.2, 0) is 14.8 Å². The molecular weight excluding hydrogens is 362 g/mol. The van der Waals surface area contributed by atoms with Crippen molar-refractivity contribution >= 4 is 27.5 Å². The minimum atomic E-state index is -3.66. The highest BCUT2D eigenvalue weighted by Gasteiger charge is 2.36. The monoisotopic (exact) mass is 385 g/mol. The van der Waals surface area contributed by atoms with Crippen LogP contribution >= 0.6 is 11.6 Å². The van der Waals surface area contributed by atoms with Crippen LogP contribution in [0.5, 0.6) is 0 Å².